The zero-order valence-electron chi connectivity index (χ0n) is 19.6. The molecule has 1 aliphatic rings. The number of benzene rings is 2. The number of aromatic nitrogens is 1. The summed E-state index contributed by atoms with van der Waals surface area (Å²) in [6.07, 6.45) is 2.05. The number of aryl methyl sites for hydroxylation is 1. The fraction of sp³-hybridized carbons (Fsp3) is 0.370. The average Bonchev–Trinajstić information content (AvgIpc) is 3.33. The molecular formula is C27H31N3O3. The quantitative estimate of drug-likeness (QED) is 0.544. The maximum Gasteiger partial charge on any atom is 0.254 e. The maximum atomic E-state index is 12.9. The average molecular weight is 446 g/mol. The van der Waals surface area contributed by atoms with E-state index >= 15 is 0 Å². The van der Waals surface area contributed by atoms with Gasteiger partial charge in [0.15, 0.2) is 0 Å². The van der Waals surface area contributed by atoms with Crippen LogP contribution < -0.4 is 4.74 Å². The molecule has 6 heteroatoms. The Bertz CT molecular complexity index is 1140. The third-order valence-corrected chi connectivity index (χ3v) is 6.19. The van der Waals surface area contributed by atoms with Crippen molar-refractivity contribution in [3.63, 3.8) is 0 Å². The Morgan fingerprint density at radius 3 is 2.61 bits per heavy atom. The summed E-state index contributed by atoms with van der Waals surface area (Å²) in [5, 5.41) is 0.862. The Balaban J connectivity index is 1.44. The third-order valence-electron chi connectivity index (χ3n) is 6.19. The van der Waals surface area contributed by atoms with Crippen molar-refractivity contribution < 1.29 is 14.3 Å². The van der Waals surface area contributed by atoms with Crippen LogP contribution in [0.15, 0.2) is 54.6 Å². The van der Waals surface area contributed by atoms with Gasteiger partial charge in [-0.25, -0.2) is 0 Å². The number of carbonyl (C=O) groups is 2. The molecule has 6 nitrogen and oxygen atoms in total. The zero-order chi connectivity index (χ0) is 23.4. The summed E-state index contributed by atoms with van der Waals surface area (Å²) >= 11 is 0. The van der Waals surface area contributed by atoms with Crippen molar-refractivity contribution in [2.45, 2.75) is 32.1 Å². The summed E-state index contributed by atoms with van der Waals surface area (Å²) < 4.78 is 5.48. The van der Waals surface area contributed by atoms with Crippen LogP contribution >= 0.6 is 0 Å². The van der Waals surface area contributed by atoms with E-state index in [-0.39, 0.29) is 17.7 Å². The summed E-state index contributed by atoms with van der Waals surface area (Å²) in [5.41, 5.74) is 3.51. The van der Waals surface area contributed by atoms with Gasteiger partial charge < -0.3 is 14.5 Å². The Morgan fingerprint density at radius 1 is 1.12 bits per heavy atom. The minimum atomic E-state index is -0.0314. The standard InChI is InChI=1S/C27H31N3O3/c1-4-33-21-12-9-19(10-13-21)11-14-26(31)30-16-15-20(18-30)25-17-23(27(32)29(2)3)22-7-5-6-8-24(22)28-25/h5-10,12-13,17,20H,4,11,14-16,18H2,1-3H3/t20-/m0/s1. The molecule has 2 amide bonds. The van der Waals surface area contributed by atoms with Crippen LogP contribution in [-0.2, 0) is 11.2 Å². The van der Waals surface area contributed by atoms with Gasteiger partial charge in [0, 0.05) is 50.6 Å². The zero-order valence-corrected chi connectivity index (χ0v) is 19.6. The van der Waals surface area contributed by atoms with Crippen molar-refractivity contribution in [2.75, 3.05) is 33.8 Å². The number of fused-ring (bicyclic) bond motifs is 1. The van der Waals surface area contributed by atoms with Crippen LogP contribution in [0.2, 0.25) is 0 Å². The van der Waals surface area contributed by atoms with Crippen LogP contribution in [0.1, 0.15) is 47.3 Å². The maximum absolute atomic E-state index is 12.9. The highest BCUT2D eigenvalue weighted by Gasteiger charge is 2.29. The molecule has 1 aliphatic heterocycles. The van der Waals surface area contributed by atoms with E-state index in [4.69, 9.17) is 9.72 Å². The first kappa shape index (κ1) is 22.8. The Hall–Kier alpha value is -3.41. The molecule has 0 N–H and O–H groups in total. The van der Waals surface area contributed by atoms with Crippen LogP contribution in [0, 0.1) is 0 Å². The lowest BCUT2D eigenvalue weighted by Crippen LogP contribution is -2.28. The van der Waals surface area contributed by atoms with Gasteiger partial charge in [-0.3, -0.25) is 14.6 Å². The van der Waals surface area contributed by atoms with Gasteiger partial charge in [-0.05, 0) is 49.6 Å². The molecule has 2 aromatic carbocycles. The van der Waals surface area contributed by atoms with E-state index in [1.54, 1.807) is 19.0 Å². The van der Waals surface area contributed by atoms with Crippen LogP contribution in [0.5, 0.6) is 5.75 Å². The Labute approximate surface area is 195 Å². The number of carbonyl (C=O) groups excluding carboxylic acids is 2. The summed E-state index contributed by atoms with van der Waals surface area (Å²) in [4.78, 5) is 34.0. The van der Waals surface area contributed by atoms with Gasteiger partial charge in [-0.15, -0.1) is 0 Å². The first-order valence-electron chi connectivity index (χ1n) is 11.6. The van der Waals surface area contributed by atoms with Crippen molar-refractivity contribution in [1.29, 1.82) is 0 Å². The molecule has 2 heterocycles. The highest BCUT2D eigenvalue weighted by molar-refractivity contribution is 6.06. The number of amides is 2. The lowest BCUT2D eigenvalue weighted by Gasteiger charge is -2.18. The monoisotopic (exact) mass is 445 g/mol. The summed E-state index contributed by atoms with van der Waals surface area (Å²) in [5.74, 6) is 1.12. The van der Waals surface area contributed by atoms with E-state index in [0.29, 0.717) is 31.6 Å². The minimum Gasteiger partial charge on any atom is -0.494 e. The van der Waals surface area contributed by atoms with Crippen molar-refractivity contribution in [3.05, 3.63) is 71.4 Å². The fourth-order valence-electron chi connectivity index (χ4n) is 4.38. The first-order valence-corrected chi connectivity index (χ1v) is 11.6. The van der Waals surface area contributed by atoms with Crippen molar-refractivity contribution in [2.24, 2.45) is 0 Å². The molecule has 0 spiro atoms. The summed E-state index contributed by atoms with van der Waals surface area (Å²) in [7, 11) is 3.52. The predicted octanol–water partition coefficient (Wildman–Crippen LogP) is 4.28. The van der Waals surface area contributed by atoms with Crippen molar-refractivity contribution in [1.82, 2.24) is 14.8 Å². The number of para-hydroxylation sites is 1. The normalized spacial score (nSPS) is 15.6. The topological polar surface area (TPSA) is 62.7 Å². The highest BCUT2D eigenvalue weighted by atomic mass is 16.5. The molecule has 1 aromatic heterocycles. The molecule has 0 unspecified atom stereocenters. The Morgan fingerprint density at radius 2 is 1.88 bits per heavy atom. The second-order valence-electron chi connectivity index (χ2n) is 8.71. The van der Waals surface area contributed by atoms with Gasteiger partial charge in [0.25, 0.3) is 5.91 Å². The van der Waals surface area contributed by atoms with Crippen LogP contribution in [-0.4, -0.2) is 60.4 Å². The van der Waals surface area contributed by atoms with Crippen LogP contribution in [0.25, 0.3) is 10.9 Å². The van der Waals surface area contributed by atoms with E-state index in [2.05, 4.69) is 0 Å². The number of hydrogen-bond acceptors (Lipinski definition) is 4. The smallest absolute Gasteiger partial charge is 0.254 e. The molecule has 0 bridgehead atoms. The van der Waals surface area contributed by atoms with E-state index < -0.39 is 0 Å². The van der Waals surface area contributed by atoms with Gasteiger partial charge in [0.1, 0.15) is 5.75 Å². The summed E-state index contributed by atoms with van der Waals surface area (Å²) in [6.45, 7) is 3.97. The lowest BCUT2D eigenvalue weighted by atomic mass is 9.99. The van der Waals surface area contributed by atoms with E-state index in [9.17, 15) is 9.59 Å². The molecule has 0 saturated carbocycles. The molecule has 0 radical (unpaired) electrons. The molecule has 33 heavy (non-hydrogen) atoms. The van der Waals surface area contributed by atoms with Crippen molar-refractivity contribution >= 4 is 22.7 Å². The van der Waals surface area contributed by atoms with Crippen LogP contribution in [0.3, 0.4) is 0 Å². The lowest BCUT2D eigenvalue weighted by molar-refractivity contribution is -0.130. The van der Waals surface area contributed by atoms with E-state index in [1.807, 2.05) is 66.4 Å². The number of nitrogens with zero attached hydrogens (tertiary/aromatic N) is 3. The highest BCUT2D eigenvalue weighted by Crippen LogP contribution is 2.30. The number of pyridine rings is 1. The molecule has 1 saturated heterocycles. The minimum absolute atomic E-state index is 0.0314. The van der Waals surface area contributed by atoms with Crippen molar-refractivity contribution in [3.8, 4) is 5.75 Å². The molecule has 3 aromatic rings. The predicted molar refractivity (Wildman–Crippen MR) is 130 cm³/mol. The molecule has 1 atom stereocenters. The number of ether oxygens (including phenoxy) is 1. The fourth-order valence-corrected chi connectivity index (χ4v) is 4.38. The molecule has 172 valence electrons. The van der Waals surface area contributed by atoms with Gasteiger partial charge >= 0.3 is 0 Å². The Kier molecular flexibility index (Phi) is 6.92. The molecular weight excluding hydrogens is 414 g/mol. The molecule has 4 rings (SSSR count). The largest absolute Gasteiger partial charge is 0.494 e. The van der Waals surface area contributed by atoms with E-state index in [0.717, 1.165) is 40.9 Å². The third kappa shape index (κ3) is 5.16. The molecule has 1 fully saturated rings. The number of hydrogen-bond donors (Lipinski definition) is 0. The van der Waals surface area contributed by atoms with Gasteiger partial charge in [0.05, 0.1) is 17.7 Å². The number of rotatable bonds is 7. The second kappa shape index (κ2) is 10.0. The number of likely N-dealkylation sites (tertiary alicyclic amines) is 1. The second-order valence-corrected chi connectivity index (χ2v) is 8.71. The van der Waals surface area contributed by atoms with Gasteiger partial charge in [-0.2, -0.15) is 0 Å². The first-order chi connectivity index (χ1) is 16.0. The van der Waals surface area contributed by atoms with Gasteiger partial charge in [-0.1, -0.05) is 30.3 Å². The van der Waals surface area contributed by atoms with E-state index in [1.165, 1.54) is 0 Å². The van der Waals surface area contributed by atoms with Gasteiger partial charge in [0.2, 0.25) is 5.91 Å². The molecule has 0 aliphatic carbocycles. The SMILES string of the molecule is CCOc1ccc(CCC(=O)N2CC[C@H](c3cc(C(=O)N(C)C)c4ccccc4n3)C2)cc1. The van der Waals surface area contributed by atoms with Crippen LogP contribution in [0.4, 0.5) is 0 Å². The summed E-state index contributed by atoms with van der Waals surface area (Å²) in [6, 6.07) is 17.6.